The summed E-state index contributed by atoms with van der Waals surface area (Å²) in [6.45, 7) is 2.50. The lowest BCUT2D eigenvalue weighted by molar-refractivity contribution is -0.139. The van der Waals surface area contributed by atoms with Gasteiger partial charge in [0.05, 0.1) is 25.6 Å². The van der Waals surface area contributed by atoms with Gasteiger partial charge >= 0.3 is 0 Å². The minimum atomic E-state index is -3.89. The topological polar surface area (TPSA) is 76.2 Å². The number of para-hydroxylation sites is 1. The molecular formula is C25H30F2N2O5S. The number of halogens is 2. The largest absolute Gasteiger partial charge is 0.493 e. The Hall–Kier alpha value is -2.56. The predicted octanol–water partition coefficient (Wildman–Crippen LogP) is 3.20. The maximum atomic E-state index is 13.6. The Morgan fingerprint density at radius 1 is 1.03 bits per heavy atom. The molecule has 2 aromatic carbocycles. The van der Waals surface area contributed by atoms with Crippen LogP contribution in [0.15, 0.2) is 48.5 Å². The first kappa shape index (κ1) is 25.5. The second-order valence-corrected chi connectivity index (χ2v) is 11.2. The van der Waals surface area contributed by atoms with Gasteiger partial charge in [-0.3, -0.25) is 4.79 Å². The van der Waals surface area contributed by atoms with Crippen molar-refractivity contribution in [2.45, 2.75) is 25.0 Å². The zero-order valence-corrected chi connectivity index (χ0v) is 20.3. The van der Waals surface area contributed by atoms with Gasteiger partial charge in [-0.15, -0.1) is 0 Å². The Kier molecular flexibility index (Phi) is 8.03. The van der Waals surface area contributed by atoms with Crippen molar-refractivity contribution in [2.75, 3.05) is 46.0 Å². The molecule has 2 saturated heterocycles. The van der Waals surface area contributed by atoms with E-state index in [1.54, 1.807) is 4.90 Å². The maximum Gasteiger partial charge on any atom is 0.223 e. The molecule has 0 aromatic heterocycles. The molecule has 1 atom stereocenters. The van der Waals surface area contributed by atoms with E-state index in [0.717, 1.165) is 12.1 Å². The van der Waals surface area contributed by atoms with Crippen LogP contribution in [0.4, 0.5) is 8.78 Å². The highest BCUT2D eigenvalue weighted by molar-refractivity contribution is 7.88. The quantitative estimate of drug-likeness (QED) is 0.548. The molecule has 0 radical (unpaired) electrons. The Morgan fingerprint density at radius 3 is 2.40 bits per heavy atom. The third-order valence-electron chi connectivity index (χ3n) is 6.47. The van der Waals surface area contributed by atoms with E-state index in [-0.39, 0.29) is 37.6 Å². The Balaban J connectivity index is 1.54. The van der Waals surface area contributed by atoms with Gasteiger partial charge in [-0.2, -0.15) is 0 Å². The van der Waals surface area contributed by atoms with E-state index < -0.39 is 32.8 Å². The van der Waals surface area contributed by atoms with Gasteiger partial charge in [0.25, 0.3) is 0 Å². The third-order valence-corrected chi connectivity index (χ3v) is 8.27. The van der Waals surface area contributed by atoms with Crippen molar-refractivity contribution in [3.63, 3.8) is 0 Å². The number of rotatable bonds is 8. The van der Waals surface area contributed by atoms with E-state index >= 15 is 0 Å². The van der Waals surface area contributed by atoms with Gasteiger partial charge in [0.15, 0.2) is 0 Å². The lowest BCUT2D eigenvalue weighted by atomic mass is 9.78. The fourth-order valence-electron chi connectivity index (χ4n) is 4.71. The van der Waals surface area contributed by atoms with Crippen LogP contribution < -0.4 is 4.74 Å². The number of piperidine rings is 1. The molecule has 0 aliphatic carbocycles. The zero-order valence-electron chi connectivity index (χ0n) is 19.5. The van der Waals surface area contributed by atoms with Gasteiger partial charge in [-0.25, -0.2) is 21.5 Å². The number of carbonyl (C=O) groups is 1. The maximum absolute atomic E-state index is 13.6. The summed E-state index contributed by atoms with van der Waals surface area (Å²) in [4.78, 5) is 14.9. The highest BCUT2D eigenvalue weighted by Gasteiger charge is 2.43. The first-order valence-corrected chi connectivity index (χ1v) is 13.3. The number of nitrogens with zero attached hydrogens (tertiary/aromatic N) is 2. The van der Waals surface area contributed by atoms with Crippen LogP contribution in [0.5, 0.6) is 5.75 Å². The van der Waals surface area contributed by atoms with Crippen LogP contribution in [0, 0.1) is 17.0 Å². The van der Waals surface area contributed by atoms with Crippen molar-refractivity contribution >= 4 is 15.9 Å². The molecule has 7 nitrogen and oxygen atoms in total. The fourth-order valence-corrected chi connectivity index (χ4v) is 6.36. The van der Waals surface area contributed by atoms with E-state index in [1.807, 2.05) is 30.3 Å². The molecule has 1 amide bonds. The standard InChI is InChI=1S/C25H30F2N2O5S/c26-21-13-20(14-22(27)15-21)17-35(31,32)29-8-4-7-25(18-29,19-34-23-5-2-1-3-6-23)16-24(30)28-9-11-33-12-10-28/h1-3,5-6,13-15H,4,7-12,16-19H2. The zero-order chi connectivity index (χ0) is 24.9. The molecule has 0 N–H and O–H groups in total. The second kappa shape index (κ2) is 11.0. The molecular weight excluding hydrogens is 478 g/mol. The Labute approximate surface area is 204 Å². The van der Waals surface area contributed by atoms with Crippen molar-refractivity contribution in [3.8, 4) is 5.75 Å². The monoisotopic (exact) mass is 508 g/mol. The number of ether oxygens (including phenoxy) is 2. The molecule has 10 heteroatoms. The first-order chi connectivity index (χ1) is 16.7. The smallest absolute Gasteiger partial charge is 0.223 e. The molecule has 1 unspecified atom stereocenters. The number of amides is 1. The number of hydrogen-bond acceptors (Lipinski definition) is 5. The van der Waals surface area contributed by atoms with Crippen LogP contribution in [-0.2, 0) is 25.3 Å². The van der Waals surface area contributed by atoms with E-state index in [1.165, 1.54) is 4.31 Å². The first-order valence-electron chi connectivity index (χ1n) is 11.7. The minimum Gasteiger partial charge on any atom is -0.493 e. The molecule has 2 fully saturated rings. The number of carbonyl (C=O) groups excluding carboxylic acids is 1. The summed E-state index contributed by atoms with van der Waals surface area (Å²) in [5, 5.41) is 0. The van der Waals surface area contributed by atoms with Gasteiger partial charge < -0.3 is 14.4 Å². The fraction of sp³-hybridized carbons (Fsp3) is 0.480. The van der Waals surface area contributed by atoms with E-state index in [4.69, 9.17) is 9.47 Å². The molecule has 2 aliphatic rings. The molecule has 0 saturated carbocycles. The van der Waals surface area contributed by atoms with Crippen molar-refractivity contribution in [3.05, 3.63) is 65.7 Å². The number of hydrogen-bond donors (Lipinski definition) is 0. The van der Waals surface area contributed by atoms with E-state index in [0.29, 0.717) is 51.0 Å². The van der Waals surface area contributed by atoms with Crippen molar-refractivity contribution < 1.29 is 31.5 Å². The summed E-state index contributed by atoms with van der Waals surface area (Å²) in [6, 6.07) is 11.9. The highest BCUT2D eigenvalue weighted by atomic mass is 32.2. The lowest BCUT2D eigenvalue weighted by Crippen LogP contribution is -2.52. The Morgan fingerprint density at radius 2 is 1.71 bits per heavy atom. The molecule has 0 spiro atoms. The number of benzene rings is 2. The van der Waals surface area contributed by atoms with E-state index in [9.17, 15) is 22.0 Å². The normalized spacial score (nSPS) is 21.6. The number of sulfonamides is 1. The Bertz CT molecular complexity index is 1110. The molecule has 4 rings (SSSR count). The minimum absolute atomic E-state index is 0.0450. The second-order valence-electron chi connectivity index (χ2n) is 9.24. The summed E-state index contributed by atoms with van der Waals surface area (Å²) < 4.78 is 66.5. The van der Waals surface area contributed by atoms with Gasteiger partial charge in [0.1, 0.15) is 17.4 Å². The summed E-state index contributed by atoms with van der Waals surface area (Å²) in [5.41, 5.74) is -0.687. The van der Waals surface area contributed by atoms with Crippen molar-refractivity contribution in [1.29, 1.82) is 0 Å². The summed E-state index contributed by atoms with van der Waals surface area (Å²) in [7, 11) is -3.89. The summed E-state index contributed by atoms with van der Waals surface area (Å²) in [5.74, 6) is -1.59. The molecule has 2 aliphatic heterocycles. The number of morpholine rings is 1. The van der Waals surface area contributed by atoms with Crippen LogP contribution in [0.3, 0.4) is 0 Å². The molecule has 0 bridgehead atoms. The van der Waals surface area contributed by atoms with Crippen LogP contribution >= 0.6 is 0 Å². The third kappa shape index (κ3) is 6.77. The average molecular weight is 509 g/mol. The van der Waals surface area contributed by atoms with Gasteiger partial charge in [0.2, 0.25) is 15.9 Å². The molecule has 190 valence electrons. The highest BCUT2D eigenvalue weighted by Crippen LogP contribution is 2.37. The van der Waals surface area contributed by atoms with E-state index in [2.05, 4.69) is 0 Å². The predicted molar refractivity (Wildman–Crippen MR) is 126 cm³/mol. The lowest BCUT2D eigenvalue weighted by Gasteiger charge is -2.42. The average Bonchev–Trinajstić information content (AvgIpc) is 2.83. The summed E-state index contributed by atoms with van der Waals surface area (Å²) >= 11 is 0. The molecule has 2 aromatic rings. The molecule has 35 heavy (non-hydrogen) atoms. The van der Waals surface area contributed by atoms with Crippen LogP contribution in [0.2, 0.25) is 0 Å². The van der Waals surface area contributed by atoms with Crippen molar-refractivity contribution in [1.82, 2.24) is 9.21 Å². The molecule has 2 heterocycles. The van der Waals surface area contributed by atoms with Crippen LogP contribution in [0.25, 0.3) is 0 Å². The van der Waals surface area contributed by atoms with Crippen molar-refractivity contribution in [2.24, 2.45) is 5.41 Å². The SMILES string of the molecule is O=C(CC1(COc2ccccc2)CCCN(S(=O)(=O)Cc2cc(F)cc(F)c2)C1)N1CCOCC1. The summed E-state index contributed by atoms with van der Waals surface area (Å²) in [6.07, 6.45) is 1.31. The van der Waals surface area contributed by atoms with Crippen LogP contribution in [0.1, 0.15) is 24.8 Å². The van der Waals surface area contributed by atoms with Gasteiger partial charge in [-0.1, -0.05) is 18.2 Å². The van der Waals surface area contributed by atoms with Crippen LogP contribution in [-0.4, -0.2) is 69.5 Å². The van der Waals surface area contributed by atoms with Gasteiger partial charge in [-0.05, 0) is 42.7 Å². The van der Waals surface area contributed by atoms with Gasteiger partial charge in [0, 0.05) is 44.1 Å².